The third kappa shape index (κ3) is 8.38. The number of ether oxygens (including phenoxy) is 2. The van der Waals surface area contributed by atoms with E-state index in [9.17, 15) is 18.3 Å². The van der Waals surface area contributed by atoms with E-state index in [0.717, 1.165) is 5.56 Å². The molecule has 0 fully saturated rings. The molecule has 1 aromatic heterocycles. The molecule has 0 aliphatic rings. The number of benzene rings is 4. The molecule has 0 atom stereocenters. The second kappa shape index (κ2) is 15.0. The number of sulfonamides is 1. The number of anilines is 4. The van der Waals surface area contributed by atoms with Crippen LogP contribution in [0.1, 0.15) is 13.0 Å². The van der Waals surface area contributed by atoms with Crippen LogP contribution in [-0.2, 0) is 26.3 Å². The number of carbonyl (C=O) groups is 1. The number of aromatic hydroxyl groups is 1. The van der Waals surface area contributed by atoms with Gasteiger partial charge >= 0.3 is 0 Å². The van der Waals surface area contributed by atoms with Gasteiger partial charge in [-0.25, -0.2) is 18.4 Å². The van der Waals surface area contributed by atoms with Gasteiger partial charge in [0, 0.05) is 35.1 Å². The van der Waals surface area contributed by atoms with Gasteiger partial charge in [0.1, 0.15) is 23.8 Å². The molecule has 1 heterocycles. The van der Waals surface area contributed by atoms with E-state index >= 15 is 0 Å². The van der Waals surface area contributed by atoms with Crippen LogP contribution in [0.25, 0.3) is 11.0 Å². The average molecular weight is 647 g/mol. The number of hydrogen-bond acceptors (Lipinski definition) is 11. The maximum atomic E-state index is 13.5. The number of methoxy groups -OCH3 is 2. The molecule has 0 radical (unpaired) electrons. The largest absolute Gasteiger partial charge is 0.508 e. The summed E-state index contributed by atoms with van der Waals surface area (Å²) < 4.78 is 40.0. The number of amides is 1. The minimum absolute atomic E-state index is 0. The smallest absolute Gasteiger partial charge is 0.263 e. The van der Waals surface area contributed by atoms with Gasteiger partial charge in [0.15, 0.2) is 11.6 Å². The van der Waals surface area contributed by atoms with Crippen LogP contribution in [0.15, 0.2) is 95.9 Å². The highest BCUT2D eigenvalue weighted by Gasteiger charge is 2.20. The molecule has 13 nitrogen and oxygen atoms in total. The lowest BCUT2D eigenvalue weighted by Crippen LogP contribution is -2.28. The Balaban J connectivity index is 0.00000480. The zero-order valence-corrected chi connectivity index (χ0v) is 25.1. The predicted octanol–water partition coefficient (Wildman–Crippen LogP) is 5.19. The van der Waals surface area contributed by atoms with Crippen molar-refractivity contribution in [2.75, 3.05) is 36.1 Å². The lowest BCUT2D eigenvalue weighted by atomic mass is 10.2. The van der Waals surface area contributed by atoms with E-state index in [4.69, 9.17) is 14.3 Å². The number of nitrogens with zero attached hydrogens (tertiary/aromatic N) is 2. The van der Waals surface area contributed by atoms with Crippen molar-refractivity contribution in [1.29, 1.82) is 0 Å². The number of hydrogen-bond donors (Lipinski definition) is 5. The Bertz CT molecular complexity index is 1940. The van der Waals surface area contributed by atoms with Crippen molar-refractivity contribution in [3.05, 3.63) is 96.6 Å². The van der Waals surface area contributed by atoms with Crippen molar-refractivity contribution in [3.63, 3.8) is 0 Å². The second-order valence-electron chi connectivity index (χ2n) is 9.56. The Morgan fingerprint density at radius 3 is 2.28 bits per heavy atom. The number of fused-ring (bicyclic) bond motifs is 1. The molecule has 4 aromatic carbocycles. The first-order chi connectivity index (χ1) is 21.7. The summed E-state index contributed by atoms with van der Waals surface area (Å²) in [5, 5.41) is 15.7. The Labute approximate surface area is 266 Å². The first kappa shape index (κ1) is 33.5. The molecular weight excluding hydrogens is 612 g/mol. The summed E-state index contributed by atoms with van der Waals surface area (Å²) in [5.41, 5.74) is 5.00. The normalized spacial score (nSPS) is 10.9. The number of para-hydroxylation sites is 3. The van der Waals surface area contributed by atoms with Crippen molar-refractivity contribution >= 4 is 50.0 Å². The Hall–Kier alpha value is -5.44. The molecule has 240 valence electrons. The zero-order valence-electron chi connectivity index (χ0n) is 24.3. The summed E-state index contributed by atoms with van der Waals surface area (Å²) in [7, 11) is -1.19. The van der Waals surface area contributed by atoms with Crippen LogP contribution in [0, 0.1) is 0 Å². The Kier molecular flexibility index (Phi) is 10.9. The molecule has 1 amide bonds. The van der Waals surface area contributed by atoms with Gasteiger partial charge in [0.25, 0.3) is 10.0 Å². The van der Waals surface area contributed by atoms with Crippen LogP contribution in [0.2, 0.25) is 0 Å². The number of nitrogens with one attached hydrogen (secondary N) is 4. The standard InChI is InChI=1S/C31H30N6O7S.CH4/c1-42-24-15-22(14-23(38)17-24)34-30-31(36-27-12-5-4-11-26(27)35-30)37-45(40,41)25-10-7-9-21(16-25)33-29(39)18-32-44-19-20-8-3-6-13-28(20)43-2;/h3-17,32,38H,18-19H2,1-2H3,(H,33,39)(H,34,35)(H,36,37);1H4. The molecule has 5 rings (SSSR count). The number of hydroxylamine groups is 1. The molecular formula is C32H34N6O7S. The summed E-state index contributed by atoms with van der Waals surface area (Å²) in [6.45, 7) is -0.0178. The van der Waals surface area contributed by atoms with E-state index < -0.39 is 15.9 Å². The van der Waals surface area contributed by atoms with Gasteiger partial charge < -0.3 is 25.2 Å². The molecule has 14 heteroatoms. The molecule has 0 saturated heterocycles. The number of carbonyl (C=O) groups excluding carboxylic acids is 1. The van der Waals surface area contributed by atoms with Crippen LogP contribution in [0.3, 0.4) is 0 Å². The van der Waals surface area contributed by atoms with Crippen molar-refractivity contribution < 1.29 is 32.6 Å². The average Bonchev–Trinajstić information content (AvgIpc) is 3.03. The highest BCUT2D eigenvalue weighted by molar-refractivity contribution is 7.92. The van der Waals surface area contributed by atoms with Gasteiger partial charge in [-0.15, -0.1) is 0 Å². The van der Waals surface area contributed by atoms with Crippen molar-refractivity contribution in [3.8, 4) is 17.2 Å². The van der Waals surface area contributed by atoms with Gasteiger partial charge in [-0.2, -0.15) is 5.48 Å². The SMILES string of the molecule is C.COc1cc(O)cc(Nc2nc3ccccc3nc2NS(=O)(=O)c2cccc(NC(=O)CNOCc3ccccc3OC)c2)c1. The zero-order chi connectivity index (χ0) is 31.8. The van der Waals surface area contributed by atoms with Crippen LogP contribution >= 0.6 is 0 Å². The van der Waals surface area contributed by atoms with Crippen molar-refractivity contribution in [1.82, 2.24) is 15.4 Å². The quantitative estimate of drug-likeness (QED) is 0.0841. The summed E-state index contributed by atoms with van der Waals surface area (Å²) in [5.74, 6) is 0.532. The fraction of sp³-hybridized carbons (Fsp3) is 0.156. The number of phenolic OH excluding ortho intramolecular Hbond substituents is 1. The third-order valence-electron chi connectivity index (χ3n) is 6.37. The van der Waals surface area contributed by atoms with Gasteiger partial charge in [0.2, 0.25) is 5.91 Å². The lowest BCUT2D eigenvalue weighted by Gasteiger charge is -2.15. The predicted molar refractivity (Wildman–Crippen MR) is 176 cm³/mol. The minimum Gasteiger partial charge on any atom is -0.508 e. The van der Waals surface area contributed by atoms with Crippen LogP contribution in [0.4, 0.5) is 23.0 Å². The van der Waals surface area contributed by atoms with E-state index in [1.54, 1.807) is 49.6 Å². The summed E-state index contributed by atoms with van der Waals surface area (Å²) in [6.07, 6.45) is 0. The Morgan fingerprint density at radius 1 is 0.826 bits per heavy atom. The molecule has 0 unspecified atom stereocenters. The molecule has 0 spiro atoms. The second-order valence-corrected chi connectivity index (χ2v) is 11.2. The van der Waals surface area contributed by atoms with Crippen molar-refractivity contribution in [2.24, 2.45) is 0 Å². The number of aromatic nitrogens is 2. The van der Waals surface area contributed by atoms with Crippen LogP contribution in [-0.4, -0.2) is 50.2 Å². The molecule has 5 aromatic rings. The van der Waals surface area contributed by atoms with E-state index in [1.165, 1.54) is 37.4 Å². The molecule has 0 bridgehead atoms. The molecule has 46 heavy (non-hydrogen) atoms. The number of phenols is 1. The third-order valence-corrected chi connectivity index (χ3v) is 7.71. The van der Waals surface area contributed by atoms with E-state index in [2.05, 4.69) is 30.8 Å². The minimum atomic E-state index is -4.20. The highest BCUT2D eigenvalue weighted by Crippen LogP contribution is 2.31. The lowest BCUT2D eigenvalue weighted by molar-refractivity contribution is -0.118. The summed E-state index contributed by atoms with van der Waals surface area (Å²) in [4.78, 5) is 26.8. The van der Waals surface area contributed by atoms with Gasteiger partial charge in [-0.1, -0.05) is 43.8 Å². The first-order valence-electron chi connectivity index (χ1n) is 13.6. The maximum Gasteiger partial charge on any atom is 0.263 e. The maximum absolute atomic E-state index is 13.5. The monoisotopic (exact) mass is 646 g/mol. The van der Waals surface area contributed by atoms with E-state index in [1.807, 2.05) is 18.2 Å². The topological polar surface area (TPSA) is 173 Å². The summed E-state index contributed by atoms with van der Waals surface area (Å²) in [6, 6.07) is 24.5. The first-order valence-corrected chi connectivity index (χ1v) is 15.0. The Morgan fingerprint density at radius 2 is 1.54 bits per heavy atom. The van der Waals surface area contributed by atoms with Gasteiger partial charge in [-0.3, -0.25) is 14.4 Å². The molecule has 0 saturated carbocycles. The van der Waals surface area contributed by atoms with Gasteiger partial charge in [0.05, 0.1) is 36.8 Å². The fourth-order valence-electron chi connectivity index (χ4n) is 4.27. The molecule has 0 aliphatic carbocycles. The molecule has 0 aliphatic heterocycles. The van der Waals surface area contributed by atoms with Gasteiger partial charge in [-0.05, 0) is 36.4 Å². The van der Waals surface area contributed by atoms with Crippen LogP contribution in [0.5, 0.6) is 17.2 Å². The fourth-order valence-corrected chi connectivity index (χ4v) is 5.32. The highest BCUT2D eigenvalue weighted by atomic mass is 32.2. The van der Waals surface area contributed by atoms with E-state index in [0.29, 0.717) is 28.2 Å². The van der Waals surface area contributed by atoms with E-state index in [-0.39, 0.29) is 48.5 Å². The molecule has 5 N–H and O–H groups in total. The van der Waals surface area contributed by atoms with Crippen LogP contribution < -0.4 is 30.3 Å². The van der Waals surface area contributed by atoms with Crippen molar-refractivity contribution in [2.45, 2.75) is 18.9 Å². The summed E-state index contributed by atoms with van der Waals surface area (Å²) >= 11 is 0. The number of rotatable bonds is 13.